The van der Waals surface area contributed by atoms with Crippen LogP contribution in [0.5, 0.6) is 0 Å². The van der Waals surface area contributed by atoms with Gasteiger partial charge in [-0.2, -0.15) is 0 Å². The van der Waals surface area contributed by atoms with Crippen LogP contribution in [0.1, 0.15) is 80.5 Å². The van der Waals surface area contributed by atoms with Gasteiger partial charge in [-0.1, -0.05) is 56.2 Å². The van der Waals surface area contributed by atoms with E-state index in [0.29, 0.717) is 13.2 Å². The number of aryl methyl sites for hydroxylation is 4. The van der Waals surface area contributed by atoms with Gasteiger partial charge in [0.25, 0.3) is 5.91 Å². The van der Waals surface area contributed by atoms with Crippen LogP contribution in [-0.2, 0) is 14.3 Å². The summed E-state index contributed by atoms with van der Waals surface area (Å²) in [5, 5.41) is 6.54. The number of benzene rings is 2. The first-order chi connectivity index (χ1) is 20.8. The van der Waals surface area contributed by atoms with Gasteiger partial charge in [0.2, 0.25) is 5.91 Å². The third-order valence-electron chi connectivity index (χ3n) is 9.80. The van der Waals surface area contributed by atoms with E-state index >= 15 is 0 Å². The Morgan fingerprint density at radius 3 is 2.07 bits per heavy atom. The molecule has 0 aromatic heterocycles. The number of hydrogen-bond donors (Lipinski definition) is 2. The van der Waals surface area contributed by atoms with Crippen molar-refractivity contribution in [3.63, 3.8) is 0 Å². The molecule has 0 spiro atoms. The maximum Gasteiger partial charge on any atom is 0.285 e. The molecular formula is C36H55N4O3+. The molecule has 0 saturated carbocycles. The molecule has 7 nitrogen and oxygen atoms in total. The first-order valence-electron chi connectivity index (χ1n) is 16.7. The molecule has 4 rings (SSSR count). The predicted octanol–water partition coefficient (Wildman–Crippen LogP) is 6.54. The van der Waals surface area contributed by atoms with Gasteiger partial charge in [-0.3, -0.25) is 14.5 Å². The number of likely N-dealkylation sites (tertiary alicyclic amines) is 1. The Morgan fingerprint density at radius 1 is 0.837 bits per heavy atom. The lowest BCUT2D eigenvalue weighted by atomic mass is 10.00. The largest absolute Gasteiger partial charge is 0.369 e. The second-order valence-corrected chi connectivity index (χ2v) is 13.0. The molecule has 2 aromatic carbocycles. The van der Waals surface area contributed by atoms with Gasteiger partial charge in [-0.05, 0) is 102 Å². The number of piperidine rings is 1. The van der Waals surface area contributed by atoms with Gasteiger partial charge in [0.05, 0.1) is 25.7 Å². The minimum Gasteiger partial charge on any atom is -0.369 e. The number of nitrogens with one attached hydrogen (secondary N) is 2. The monoisotopic (exact) mass is 591 g/mol. The molecule has 3 atom stereocenters. The number of morpholine rings is 1. The Balaban J connectivity index is 1.35. The SMILES string of the molecule is CCCC[N+]1(CCCCCN2CCCCC2C(=O)Nc2c(C)cccc2C)CCOCC1C(=O)Nc1c(C)cccc1C. The fraction of sp³-hybridized carbons (Fsp3) is 0.611. The highest BCUT2D eigenvalue weighted by atomic mass is 16.5. The lowest BCUT2D eigenvalue weighted by Crippen LogP contribution is -2.66. The van der Waals surface area contributed by atoms with Crippen molar-refractivity contribution in [1.82, 2.24) is 4.90 Å². The highest BCUT2D eigenvalue weighted by Gasteiger charge is 2.44. The summed E-state index contributed by atoms with van der Waals surface area (Å²) in [6.07, 6.45) is 8.64. The normalized spacial score (nSPS) is 22.7. The average Bonchev–Trinajstić information content (AvgIpc) is 3.00. The van der Waals surface area contributed by atoms with Crippen molar-refractivity contribution in [1.29, 1.82) is 0 Å². The van der Waals surface area contributed by atoms with Crippen molar-refractivity contribution in [3.05, 3.63) is 58.7 Å². The minimum absolute atomic E-state index is 0.0621. The summed E-state index contributed by atoms with van der Waals surface area (Å²) in [6.45, 7) is 16.5. The second kappa shape index (κ2) is 15.8. The molecule has 2 aromatic rings. The van der Waals surface area contributed by atoms with E-state index in [0.717, 1.165) is 122 Å². The van der Waals surface area contributed by atoms with Crippen LogP contribution >= 0.6 is 0 Å². The van der Waals surface area contributed by atoms with Crippen molar-refractivity contribution in [2.75, 3.05) is 56.6 Å². The van der Waals surface area contributed by atoms with Gasteiger partial charge in [-0.15, -0.1) is 0 Å². The summed E-state index contributed by atoms with van der Waals surface area (Å²) < 4.78 is 6.73. The quantitative estimate of drug-likeness (QED) is 0.205. The Labute approximate surface area is 260 Å². The lowest BCUT2D eigenvalue weighted by molar-refractivity contribution is -0.950. The van der Waals surface area contributed by atoms with Crippen LogP contribution in [0.15, 0.2) is 36.4 Å². The molecule has 2 aliphatic heterocycles. The number of unbranched alkanes of at least 4 members (excludes halogenated alkanes) is 3. The molecule has 236 valence electrons. The smallest absolute Gasteiger partial charge is 0.285 e. The fourth-order valence-corrected chi connectivity index (χ4v) is 7.11. The number of hydrogen-bond acceptors (Lipinski definition) is 4. The van der Waals surface area contributed by atoms with E-state index in [-0.39, 0.29) is 23.9 Å². The van der Waals surface area contributed by atoms with Crippen LogP contribution in [0.25, 0.3) is 0 Å². The molecule has 3 unspecified atom stereocenters. The topological polar surface area (TPSA) is 70.7 Å². The molecule has 0 aliphatic carbocycles. The summed E-state index contributed by atoms with van der Waals surface area (Å²) in [6, 6.07) is 12.0. The number of nitrogens with zero attached hydrogens (tertiary/aromatic N) is 2. The van der Waals surface area contributed by atoms with Gasteiger partial charge < -0.3 is 19.9 Å². The summed E-state index contributed by atoms with van der Waals surface area (Å²) in [5.74, 6) is 0.214. The molecule has 2 heterocycles. The van der Waals surface area contributed by atoms with Crippen LogP contribution in [0.4, 0.5) is 11.4 Å². The number of rotatable bonds is 13. The molecule has 7 heteroatoms. The predicted molar refractivity (Wildman–Crippen MR) is 177 cm³/mol. The van der Waals surface area contributed by atoms with Crippen LogP contribution in [0, 0.1) is 27.7 Å². The third-order valence-corrected chi connectivity index (χ3v) is 9.80. The van der Waals surface area contributed by atoms with E-state index in [4.69, 9.17) is 4.74 Å². The van der Waals surface area contributed by atoms with Gasteiger partial charge in [0, 0.05) is 11.4 Å². The van der Waals surface area contributed by atoms with E-state index in [2.05, 4.69) is 74.4 Å². The average molecular weight is 592 g/mol. The van der Waals surface area contributed by atoms with E-state index in [1.165, 1.54) is 0 Å². The molecule has 2 saturated heterocycles. The second-order valence-electron chi connectivity index (χ2n) is 13.0. The van der Waals surface area contributed by atoms with Crippen LogP contribution in [-0.4, -0.2) is 79.2 Å². The van der Waals surface area contributed by atoms with Gasteiger partial charge in [0.1, 0.15) is 13.2 Å². The molecule has 2 N–H and O–H groups in total. The van der Waals surface area contributed by atoms with Crippen molar-refractivity contribution in [3.8, 4) is 0 Å². The molecular weight excluding hydrogens is 536 g/mol. The first kappa shape index (κ1) is 33.2. The van der Waals surface area contributed by atoms with E-state index in [9.17, 15) is 9.59 Å². The molecule has 0 radical (unpaired) electrons. The van der Waals surface area contributed by atoms with Gasteiger partial charge >= 0.3 is 0 Å². The highest BCUT2D eigenvalue weighted by molar-refractivity contribution is 5.96. The number of quaternary nitrogens is 1. The Kier molecular flexibility index (Phi) is 12.2. The molecule has 2 amide bonds. The van der Waals surface area contributed by atoms with Gasteiger partial charge in [0.15, 0.2) is 6.04 Å². The molecule has 2 aliphatic rings. The first-order valence-corrected chi connectivity index (χ1v) is 16.7. The maximum atomic E-state index is 13.8. The van der Waals surface area contributed by atoms with Crippen molar-refractivity contribution >= 4 is 23.2 Å². The number of carbonyl (C=O) groups is 2. The fourth-order valence-electron chi connectivity index (χ4n) is 7.11. The van der Waals surface area contributed by atoms with Crippen molar-refractivity contribution in [2.45, 2.75) is 98.1 Å². The maximum absolute atomic E-state index is 13.8. The third kappa shape index (κ3) is 8.46. The van der Waals surface area contributed by atoms with E-state index in [1.807, 2.05) is 12.1 Å². The Morgan fingerprint density at radius 2 is 1.44 bits per heavy atom. The van der Waals surface area contributed by atoms with Crippen molar-refractivity contribution < 1.29 is 18.8 Å². The number of ether oxygens (including phenoxy) is 1. The molecule has 0 bridgehead atoms. The number of anilines is 2. The summed E-state index contributed by atoms with van der Waals surface area (Å²) >= 11 is 0. The highest BCUT2D eigenvalue weighted by Crippen LogP contribution is 2.27. The Hall–Kier alpha value is -2.74. The van der Waals surface area contributed by atoms with E-state index in [1.54, 1.807) is 0 Å². The zero-order chi connectivity index (χ0) is 30.8. The summed E-state index contributed by atoms with van der Waals surface area (Å²) in [5.41, 5.74) is 6.30. The van der Waals surface area contributed by atoms with Crippen molar-refractivity contribution in [2.24, 2.45) is 0 Å². The van der Waals surface area contributed by atoms with Crippen LogP contribution < -0.4 is 10.6 Å². The number of carbonyl (C=O) groups excluding carboxylic acids is 2. The zero-order valence-electron chi connectivity index (χ0n) is 27.3. The number of para-hydroxylation sites is 2. The summed E-state index contributed by atoms with van der Waals surface area (Å²) in [7, 11) is 0. The van der Waals surface area contributed by atoms with Crippen LogP contribution in [0.3, 0.4) is 0 Å². The minimum atomic E-state index is -0.195. The van der Waals surface area contributed by atoms with E-state index < -0.39 is 0 Å². The number of amides is 2. The van der Waals surface area contributed by atoms with Crippen LogP contribution in [0.2, 0.25) is 0 Å². The Bertz CT molecular complexity index is 1190. The standard InChI is InChI=1S/C36H54N4O3/c1-6-7-22-40(24-25-43-26-32(40)36(42)38-34-29(4)17-14-18-30(34)5)23-12-8-10-20-39-21-11-9-19-31(39)35(41)37-33-27(2)15-13-16-28(33)3/h13-18,31-32H,6-12,19-26H2,1-5H3,(H-,37,38,41,42)/p+1. The van der Waals surface area contributed by atoms with Gasteiger partial charge in [-0.25, -0.2) is 0 Å². The summed E-state index contributed by atoms with van der Waals surface area (Å²) in [4.78, 5) is 29.6. The zero-order valence-corrected chi connectivity index (χ0v) is 27.3. The molecule has 43 heavy (non-hydrogen) atoms. The molecule has 2 fully saturated rings. The lowest BCUT2D eigenvalue weighted by Gasteiger charge is -2.47.